The molecule has 2 aliphatic rings. The molecule has 1 aliphatic heterocycles. The molecular formula is C32H30N2O4S. The summed E-state index contributed by atoms with van der Waals surface area (Å²) in [5.74, 6) is 2.66. The maximum atomic E-state index is 13.3. The summed E-state index contributed by atoms with van der Waals surface area (Å²) in [4.78, 5) is 0.242. The van der Waals surface area contributed by atoms with Crippen LogP contribution in [0.5, 0.6) is 17.2 Å². The first-order valence-electron chi connectivity index (χ1n) is 13.2. The average Bonchev–Trinajstić information content (AvgIpc) is 3.45. The third-order valence-corrected chi connectivity index (χ3v) is 8.66. The van der Waals surface area contributed by atoms with E-state index < -0.39 is 10.0 Å². The van der Waals surface area contributed by atoms with Crippen LogP contribution in [0.4, 0.5) is 11.4 Å². The van der Waals surface area contributed by atoms with Crippen LogP contribution in [0.1, 0.15) is 36.4 Å². The van der Waals surface area contributed by atoms with Crippen molar-refractivity contribution in [3.8, 4) is 17.2 Å². The molecule has 0 unspecified atom stereocenters. The van der Waals surface area contributed by atoms with Crippen molar-refractivity contribution >= 4 is 21.4 Å². The van der Waals surface area contributed by atoms with Crippen LogP contribution in [0.25, 0.3) is 0 Å². The van der Waals surface area contributed by atoms with E-state index >= 15 is 0 Å². The van der Waals surface area contributed by atoms with Gasteiger partial charge in [0.1, 0.15) is 17.2 Å². The van der Waals surface area contributed by atoms with Gasteiger partial charge in [-0.25, -0.2) is 8.42 Å². The van der Waals surface area contributed by atoms with Crippen molar-refractivity contribution in [2.45, 2.75) is 30.2 Å². The smallest absolute Gasteiger partial charge is 0.261 e. The molecule has 0 amide bonds. The Morgan fingerprint density at radius 3 is 2.33 bits per heavy atom. The second-order valence-electron chi connectivity index (χ2n) is 9.77. The number of hydrogen-bond acceptors (Lipinski definition) is 5. The Morgan fingerprint density at radius 2 is 1.59 bits per heavy atom. The van der Waals surface area contributed by atoms with E-state index in [1.54, 1.807) is 36.4 Å². The number of ether oxygens (including phenoxy) is 2. The Morgan fingerprint density at radius 1 is 0.872 bits per heavy atom. The first-order chi connectivity index (χ1) is 19.0. The predicted molar refractivity (Wildman–Crippen MR) is 154 cm³/mol. The number of hydrogen-bond donors (Lipinski definition) is 2. The van der Waals surface area contributed by atoms with Gasteiger partial charge in [0.05, 0.1) is 17.5 Å². The second kappa shape index (κ2) is 10.5. The fraction of sp³-hybridized carbons (Fsp3) is 0.188. The van der Waals surface area contributed by atoms with E-state index in [0.29, 0.717) is 24.0 Å². The van der Waals surface area contributed by atoms with E-state index in [4.69, 9.17) is 9.47 Å². The summed E-state index contributed by atoms with van der Waals surface area (Å²) in [6.07, 6.45) is 5.34. The van der Waals surface area contributed by atoms with E-state index in [9.17, 15) is 8.42 Å². The molecule has 39 heavy (non-hydrogen) atoms. The van der Waals surface area contributed by atoms with Crippen LogP contribution in [-0.4, -0.2) is 15.0 Å². The fourth-order valence-electron chi connectivity index (χ4n) is 5.44. The molecule has 0 bridgehead atoms. The molecule has 0 saturated carbocycles. The van der Waals surface area contributed by atoms with Crippen LogP contribution in [-0.2, 0) is 10.0 Å². The Balaban J connectivity index is 1.21. The Labute approximate surface area is 229 Å². The highest BCUT2D eigenvalue weighted by molar-refractivity contribution is 7.92. The van der Waals surface area contributed by atoms with E-state index in [1.807, 2.05) is 55.5 Å². The highest BCUT2D eigenvalue weighted by Gasteiger charge is 2.38. The van der Waals surface area contributed by atoms with Gasteiger partial charge in [-0.2, -0.15) is 0 Å². The highest BCUT2D eigenvalue weighted by atomic mass is 32.2. The topological polar surface area (TPSA) is 76.7 Å². The second-order valence-corrected chi connectivity index (χ2v) is 11.5. The van der Waals surface area contributed by atoms with Gasteiger partial charge in [0.25, 0.3) is 10.0 Å². The fourth-order valence-corrected chi connectivity index (χ4v) is 6.53. The van der Waals surface area contributed by atoms with Gasteiger partial charge in [-0.05, 0) is 97.1 Å². The van der Waals surface area contributed by atoms with Gasteiger partial charge < -0.3 is 14.8 Å². The van der Waals surface area contributed by atoms with Gasteiger partial charge in [-0.3, -0.25) is 4.72 Å². The molecule has 4 aromatic carbocycles. The maximum Gasteiger partial charge on any atom is 0.261 e. The maximum absolute atomic E-state index is 13.3. The minimum Gasteiger partial charge on any atom is -0.494 e. The van der Waals surface area contributed by atoms with Gasteiger partial charge in [0, 0.05) is 17.3 Å². The molecule has 0 saturated heterocycles. The average molecular weight is 539 g/mol. The Bertz CT molecular complexity index is 1580. The lowest BCUT2D eigenvalue weighted by Crippen LogP contribution is -2.29. The predicted octanol–water partition coefficient (Wildman–Crippen LogP) is 7.50. The summed E-state index contributed by atoms with van der Waals surface area (Å²) in [5.41, 5.74) is 3.63. The molecule has 1 aliphatic carbocycles. The molecule has 0 fully saturated rings. The zero-order valence-corrected chi connectivity index (χ0v) is 22.4. The molecule has 0 aromatic heterocycles. The number of benzene rings is 4. The number of fused-ring (bicyclic) bond motifs is 3. The molecule has 7 heteroatoms. The normalized spacial score (nSPS) is 19.5. The van der Waals surface area contributed by atoms with Gasteiger partial charge in [-0.15, -0.1) is 0 Å². The molecule has 1 heterocycles. The van der Waals surface area contributed by atoms with E-state index in [-0.39, 0.29) is 16.9 Å². The van der Waals surface area contributed by atoms with Crippen LogP contribution < -0.4 is 19.5 Å². The molecule has 0 radical (unpaired) electrons. The summed E-state index contributed by atoms with van der Waals surface area (Å²) in [6, 6.07) is 30.1. The lowest BCUT2D eigenvalue weighted by molar-refractivity contribution is 0.340. The van der Waals surface area contributed by atoms with Gasteiger partial charge in [0.15, 0.2) is 0 Å². The quantitative estimate of drug-likeness (QED) is 0.227. The summed E-state index contributed by atoms with van der Waals surface area (Å²) in [5, 5.41) is 3.68. The van der Waals surface area contributed by atoms with Crippen LogP contribution in [0.3, 0.4) is 0 Å². The molecule has 2 N–H and O–H groups in total. The highest BCUT2D eigenvalue weighted by Crippen LogP contribution is 2.50. The summed E-state index contributed by atoms with van der Waals surface area (Å²) in [7, 11) is -3.78. The molecule has 6 rings (SSSR count). The standard InChI is InChI=1S/C32H30N2O4S/c1-2-37-24-15-11-22(12-16-24)32-29-10-6-9-28(29)30-21-27(19-20-31(30)33-32)39(35,36)34-23-13-17-26(18-14-23)38-25-7-4-3-5-8-25/h3-9,11-21,28-29,32-34H,2,10H2,1H3/t28-,29+,32+/m0/s1. The zero-order valence-electron chi connectivity index (χ0n) is 21.6. The molecule has 0 spiro atoms. The SMILES string of the molecule is CCOc1ccc([C@H]2Nc3ccc(S(=O)(=O)Nc4ccc(Oc5ccccc5)cc4)cc3[C@H]3C=CC[C@H]32)cc1. The van der Waals surface area contributed by atoms with Crippen molar-refractivity contribution in [2.24, 2.45) is 5.92 Å². The van der Waals surface area contributed by atoms with E-state index in [0.717, 1.165) is 29.2 Å². The van der Waals surface area contributed by atoms with Crippen LogP contribution in [0, 0.1) is 5.92 Å². The van der Waals surface area contributed by atoms with Crippen molar-refractivity contribution < 1.29 is 17.9 Å². The van der Waals surface area contributed by atoms with Crippen molar-refractivity contribution in [1.82, 2.24) is 0 Å². The molecule has 3 atom stereocenters. The lowest BCUT2D eigenvalue weighted by Gasteiger charge is -2.37. The van der Waals surface area contributed by atoms with Crippen molar-refractivity contribution in [2.75, 3.05) is 16.6 Å². The number of sulfonamides is 1. The Kier molecular flexibility index (Phi) is 6.75. The molecular weight excluding hydrogens is 508 g/mol. The number of allylic oxidation sites excluding steroid dienone is 2. The largest absolute Gasteiger partial charge is 0.494 e. The summed E-state index contributed by atoms with van der Waals surface area (Å²) in [6.45, 7) is 2.61. The van der Waals surface area contributed by atoms with Crippen molar-refractivity contribution in [3.63, 3.8) is 0 Å². The number of nitrogens with one attached hydrogen (secondary N) is 2. The third-order valence-electron chi connectivity index (χ3n) is 7.28. The van der Waals surface area contributed by atoms with Gasteiger partial charge in [-0.1, -0.05) is 42.5 Å². The minimum absolute atomic E-state index is 0.130. The van der Waals surface area contributed by atoms with E-state index in [2.05, 4.69) is 34.3 Å². The van der Waals surface area contributed by atoms with Gasteiger partial charge in [0.2, 0.25) is 0 Å². The minimum atomic E-state index is -3.78. The number of rotatable bonds is 8. The van der Waals surface area contributed by atoms with Gasteiger partial charge >= 0.3 is 0 Å². The zero-order chi connectivity index (χ0) is 26.8. The summed E-state index contributed by atoms with van der Waals surface area (Å²) >= 11 is 0. The summed E-state index contributed by atoms with van der Waals surface area (Å²) < 4.78 is 40.8. The lowest BCUT2D eigenvalue weighted by atomic mass is 9.77. The van der Waals surface area contributed by atoms with E-state index in [1.165, 1.54) is 5.56 Å². The first kappa shape index (κ1) is 25.1. The monoisotopic (exact) mass is 538 g/mol. The van der Waals surface area contributed by atoms with Crippen LogP contribution in [0.15, 0.2) is 114 Å². The Hall–Kier alpha value is -4.23. The van der Waals surface area contributed by atoms with Crippen molar-refractivity contribution in [3.05, 3.63) is 120 Å². The number of anilines is 2. The molecule has 6 nitrogen and oxygen atoms in total. The first-order valence-corrected chi connectivity index (χ1v) is 14.6. The van der Waals surface area contributed by atoms with Crippen LogP contribution in [0.2, 0.25) is 0 Å². The molecule has 198 valence electrons. The molecule has 4 aromatic rings. The van der Waals surface area contributed by atoms with Crippen LogP contribution >= 0.6 is 0 Å². The third kappa shape index (κ3) is 5.22. The van der Waals surface area contributed by atoms with Crippen molar-refractivity contribution in [1.29, 1.82) is 0 Å². The number of para-hydroxylation sites is 1.